The third-order valence-corrected chi connectivity index (χ3v) is 7.10. The molecule has 0 unspecified atom stereocenters. The molecule has 8 heteroatoms. The van der Waals surface area contributed by atoms with Crippen LogP contribution in [0.2, 0.25) is 0 Å². The summed E-state index contributed by atoms with van der Waals surface area (Å²) in [6, 6.07) is 26.7. The minimum absolute atomic E-state index is 0.164. The molecular weight excluding hydrogens is 506 g/mol. The molecule has 188 valence electrons. The second-order valence-corrected chi connectivity index (χ2v) is 9.57. The molecule has 0 spiro atoms. The summed E-state index contributed by atoms with van der Waals surface area (Å²) in [4.78, 5) is 18.9. The lowest BCUT2D eigenvalue weighted by Gasteiger charge is -2.06. The quantitative estimate of drug-likeness (QED) is 0.253. The Kier molecular flexibility index (Phi) is 6.33. The number of nitriles is 1. The Bertz CT molecular complexity index is 1910. The number of hydrogen-bond acceptors (Lipinski definition) is 6. The van der Waals surface area contributed by atoms with Crippen LogP contribution >= 0.6 is 11.3 Å². The van der Waals surface area contributed by atoms with E-state index in [0.29, 0.717) is 27.3 Å². The average Bonchev–Trinajstić information content (AvgIpc) is 3.64. The molecule has 39 heavy (non-hydrogen) atoms. The van der Waals surface area contributed by atoms with Crippen molar-refractivity contribution in [3.63, 3.8) is 0 Å². The Morgan fingerprint density at radius 3 is 2.44 bits per heavy atom. The molecule has 6 rings (SSSR count). The highest BCUT2D eigenvalue weighted by molar-refractivity contribution is 7.15. The molecule has 0 atom stereocenters. The van der Waals surface area contributed by atoms with Gasteiger partial charge < -0.3 is 4.74 Å². The monoisotopic (exact) mass is 527 g/mol. The van der Waals surface area contributed by atoms with E-state index in [9.17, 15) is 10.1 Å². The number of rotatable bonds is 6. The van der Waals surface area contributed by atoms with Crippen molar-refractivity contribution in [1.82, 2.24) is 19.2 Å². The fourth-order valence-electron chi connectivity index (χ4n) is 4.37. The Labute approximate surface area is 228 Å². The maximum absolute atomic E-state index is 13.5. The SMILES string of the molecule is COc1ccc(-n2cc(/C=C/c3nc4sccn4c(=O)c3-c3ccc(C#N)cc3)c(-c3ccccc3)n2)cc1. The molecule has 7 nitrogen and oxygen atoms in total. The lowest BCUT2D eigenvalue weighted by atomic mass is 10.0. The minimum Gasteiger partial charge on any atom is -0.497 e. The normalized spacial score (nSPS) is 11.2. The third-order valence-electron chi connectivity index (χ3n) is 6.34. The molecule has 0 saturated heterocycles. The van der Waals surface area contributed by atoms with Gasteiger partial charge in [0.1, 0.15) is 5.75 Å². The molecule has 0 amide bonds. The second-order valence-electron chi connectivity index (χ2n) is 8.70. The van der Waals surface area contributed by atoms with Gasteiger partial charge in [-0.15, -0.1) is 11.3 Å². The van der Waals surface area contributed by atoms with E-state index < -0.39 is 0 Å². The maximum Gasteiger partial charge on any atom is 0.266 e. The van der Waals surface area contributed by atoms with Crippen molar-refractivity contribution in [3.05, 3.63) is 124 Å². The van der Waals surface area contributed by atoms with Crippen LogP contribution in [0.4, 0.5) is 0 Å². The summed E-state index contributed by atoms with van der Waals surface area (Å²) in [7, 11) is 1.64. The molecule has 0 N–H and O–H groups in total. The zero-order chi connectivity index (χ0) is 26.8. The van der Waals surface area contributed by atoms with Gasteiger partial charge in [0.2, 0.25) is 0 Å². The average molecular weight is 528 g/mol. The molecular formula is C31H21N5O2S. The highest BCUT2D eigenvalue weighted by Crippen LogP contribution is 2.28. The van der Waals surface area contributed by atoms with E-state index in [1.165, 1.54) is 11.3 Å². The van der Waals surface area contributed by atoms with Crippen molar-refractivity contribution in [1.29, 1.82) is 5.26 Å². The van der Waals surface area contributed by atoms with Gasteiger partial charge in [0, 0.05) is 28.9 Å². The van der Waals surface area contributed by atoms with Crippen molar-refractivity contribution in [2.75, 3.05) is 7.11 Å². The maximum atomic E-state index is 13.5. The van der Waals surface area contributed by atoms with Crippen LogP contribution < -0.4 is 10.3 Å². The summed E-state index contributed by atoms with van der Waals surface area (Å²) in [5.74, 6) is 0.769. The molecule has 0 radical (unpaired) electrons. The number of nitrogens with zero attached hydrogens (tertiary/aromatic N) is 5. The first kappa shape index (κ1) is 24.1. The predicted molar refractivity (Wildman–Crippen MR) is 154 cm³/mol. The molecule has 3 aromatic carbocycles. The van der Waals surface area contributed by atoms with Crippen molar-refractivity contribution >= 4 is 28.4 Å². The van der Waals surface area contributed by atoms with Gasteiger partial charge in [-0.05, 0) is 54.1 Å². The number of hydrogen-bond donors (Lipinski definition) is 0. The van der Waals surface area contributed by atoms with Crippen LogP contribution in [-0.2, 0) is 0 Å². The van der Waals surface area contributed by atoms with Crippen LogP contribution in [0.15, 0.2) is 101 Å². The summed E-state index contributed by atoms with van der Waals surface area (Å²) in [5.41, 5.74) is 5.61. The van der Waals surface area contributed by atoms with Crippen LogP contribution in [0.25, 0.3) is 45.2 Å². The molecule has 0 bridgehead atoms. The Morgan fingerprint density at radius 2 is 1.72 bits per heavy atom. The highest BCUT2D eigenvalue weighted by Gasteiger charge is 2.16. The summed E-state index contributed by atoms with van der Waals surface area (Å²) < 4.78 is 8.67. The first-order valence-electron chi connectivity index (χ1n) is 12.1. The van der Waals surface area contributed by atoms with E-state index in [4.69, 9.17) is 14.8 Å². The van der Waals surface area contributed by atoms with E-state index in [1.807, 2.05) is 83.0 Å². The third kappa shape index (κ3) is 4.63. The fraction of sp³-hybridized carbons (Fsp3) is 0.0323. The molecule has 0 fully saturated rings. The van der Waals surface area contributed by atoms with Gasteiger partial charge in [-0.25, -0.2) is 9.67 Å². The zero-order valence-electron chi connectivity index (χ0n) is 20.9. The Hall–Kier alpha value is -5.26. The first-order chi connectivity index (χ1) is 19.1. The van der Waals surface area contributed by atoms with Gasteiger partial charge in [-0.1, -0.05) is 42.5 Å². The summed E-state index contributed by atoms with van der Waals surface area (Å²) in [6.07, 6.45) is 7.48. The standard InChI is InChI=1S/C31H21N5O2S/c1-38-26-14-12-25(13-15-26)36-20-24(29(34-36)23-5-3-2-4-6-23)11-16-27-28(22-9-7-21(19-32)8-10-22)30(37)35-17-18-39-31(35)33-27/h2-18,20H,1H3/b16-11+. The van der Waals surface area contributed by atoms with E-state index in [0.717, 1.165) is 28.3 Å². The first-order valence-corrected chi connectivity index (χ1v) is 13.0. The zero-order valence-corrected chi connectivity index (χ0v) is 21.7. The van der Waals surface area contributed by atoms with Crippen LogP contribution in [0.5, 0.6) is 5.75 Å². The van der Waals surface area contributed by atoms with Crippen molar-refractivity contribution in [2.24, 2.45) is 0 Å². The molecule has 0 aliphatic rings. The van der Waals surface area contributed by atoms with E-state index in [1.54, 1.807) is 42.0 Å². The van der Waals surface area contributed by atoms with E-state index >= 15 is 0 Å². The second kappa shape index (κ2) is 10.2. The summed E-state index contributed by atoms with van der Waals surface area (Å²) in [5, 5.41) is 15.9. The van der Waals surface area contributed by atoms with Crippen molar-refractivity contribution in [2.45, 2.75) is 0 Å². The lowest BCUT2D eigenvalue weighted by Crippen LogP contribution is -2.16. The number of benzene rings is 3. The van der Waals surface area contributed by atoms with Gasteiger partial charge in [-0.3, -0.25) is 9.20 Å². The number of aromatic nitrogens is 4. The number of methoxy groups -OCH3 is 1. The van der Waals surface area contributed by atoms with Crippen LogP contribution in [0.1, 0.15) is 16.8 Å². The number of ether oxygens (including phenoxy) is 1. The van der Waals surface area contributed by atoms with Gasteiger partial charge >= 0.3 is 0 Å². The summed E-state index contributed by atoms with van der Waals surface area (Å²) in [6.45, 7) is 0. The molecule has 3 heterocycles. The molecule has 0 saturated carbocycles. The Morgan fingerprint density at radius 1 is 0.949 bits per heavy atom. The van der Waals surface area contributed by atoms with Gasteiger partial charge in [0.15, 0.2) is 4.96 Å². The van der Waals surface area contributed by atoms with E-state index in [-0.39, 0.29) is 5.56 Å². The lowest BCUT2D eigenvalue weighted by molar-refractivity contribution is 0.414. The molecule has 0 aliphatic carbocycles. The predicted octanol–water partition coefficient (Wildman–Crippen LogP) is 6.33. The van der Waals surface area contributed by atoms with Gasteiger partial charge in [0.25, 0.3) is 5.56 Å². The van der Waals surface area contributed by atoms with Gasteiger partial charge in [-0.2, -0.15) is 10.4 Å². The van der Waals surface area contributed by atoms with Crippen LogP contribution in [0.3, 0.4) is 0 Å². The van der Waals surface area contributed by atoms with Crippen LogP contribution in [-0.4, -0.2) is 26.3 Å². The Balaban J connectivity index is 1.49. The van der Waals surface area contributed by atoms with Crippen molar-refractivity contribution in [3.8, 4) is 39.9 Å². The van der Waals surface area contributed by atoms with Crippen LogP contribution in [0, 0.1) is 11.3 Å². The smallest absolute Gasteiger partial charge is 0.266 e. The van der Waals surface area contributed by atoms with Gasteiger partial charge in [0.05, 0.1) is 41.4 Å². The number of fused-ring (bicyclic) bond motifs is 1. The van der Waals surface area contributed by atoms with Crippen molar-refractivity contribution < 1.29 is 4.74 Å². The number of thiazole rings is 1. The highest BCUT2D eigenvalue weighted by atomic mass is 32.1. The minimum atomic E-state index is -0.164. The molecule has 6 aromatic rings. The molecule has 3 aromatic heterocycles. The fourth-order valence-corrected chi connectivity index (χ4v) is 5.08. The largest absolute Gasteiger partial charge is 0.497 e. The van der Waals surface area contributed by atoms with E-state index in [2.05, 4.69) is 6.07 Å². The molecule has 0 aliphatic heterocycles. The summed E-state index contributed by atoms with van der Waals surface area (Å²) >= 11 is 1.40. The topological polar surface area (TPSA) is 85.2 Å².